The molecular weight excluding hydrogens is 156 g/mol. The van der Waals surface area contributed by atoms with Crippen molar-refractivity contribution in [2.75, 3.05) is 6.61 Å². The topological polar surface area (TPSA) is 46.5 Å². The van der Waals surface area contributed by atoms with E-state index in [4.69, 9.17) is 9.84 Å². The van der Waals surface area contributed by atoms with E-state index >= 15 is 0 Å². The Balaban J connectivity index is 3.95. The van der Waals surface area contributed by atoms with Gasteiger partial charge in [-0.05, 0) is 18.4 Å². The molecule has 0 unspecified atom stereocenters. The molecule has 0 radical (unpaired) electrons. The van der Waals surface area contributed by atoms with E-state index in [-0.39, 0.29) is 12.0 Å². The highest BCUT2D eigenvalue weighted by atomic mass is 16.5. The Labute approximate surface area is 73.0 Å². The van der Waals surface area contributed by atoms with Crippen LogP contribution >= 0.6 is 0 Å². The van der Waals surface area contributed by atoms with Crippen LogP contribution in [-0.4, -0.2) is 17.7 Å². The third kappa shape index (κ3) is 7.12. The van der Waals surface area contributed by atoms with Gasteiger partial charge in [-0.25, -0.2) is 4.79 Å². The maximum atomic E-state index is 10.1. The predicted octanol–water partition coefficient (Wildman–Crippen LogP) is 2.04. The summed E-state index contributed by atoms with van der Waals surface area (Å²) in [5, 5.41) is 8.31. The molecule has 0 aliphatic heterocycles. The number of carboxylic acid groups (broad SMARTS) is 1. The van der Waals surface area contributed by atoms with Crippen LogP contribution in [0.15, 0.2) is 11.8 Å². The van der Waals surface area contributed by atoms with Gasteiger partial charge in [0.25, 0.3) is 0 Å². The second kappa shape index (κ2) is 4.14. The minimum absolute atomic E-state index is 0.0303. The summed E-state index contributed by atoms with van der Waals surface area (Å²) in [5.41, 5.74) is 0.0303. The number of hydrogen-bond donors (Lipinski definition) is 1. The van der Waals surface area contributed by atoms with Gasteiger partial charge >= 0.3 is 5.97 Å². The van der Waals surface area contributed by atoms with Crippen LogP contribution in [0.2, 0.25) is 0 Å². The van der Waals surface area contributed by atoms with E-state index in [1.54, 1.807) is 6.92 Å². The van der Waals surface area contributed by atoms with Crippen LogP contribution in [-0.2, 0) is 9.53 Å². The summed E-state index contributed by atoms with van der Waals surface area (Å²) >= 11 is 0. The summed E-state index contributed by atoms with van der Waals surface area (Å²) in [5.74, 6) is -0.290. The lowest BCUT2D eigenvalue weighted by atomic mass is 9.96. The fourth-order valence-electron chi connectivity index (χ4n) is 0.827. The molecule has 0 bridgehead atoms. The van der Waals surface area contributed by atoms with Gasteiger partial charge in [0.2, 0.25) is 0 Å². The van der Waals surface area contributed by atoms with Crippen LogP contribution in [0, 0.1) is 5.41 Å². The van der Waals surface area contributed by atoms with Gasteiger partial charge in [0.1, 0.15) is 0 Å². The van der Waals surface area contributed by atoms with Crippen LogP contribution in [0.3, 0.4) is 0 Å². The largest absolute Gasteiger partial charge is 0.487 e. The van der Waals surface area contributed by atoms with Crippen LogP contribution in [0.5, 0.6) is 0 Å². The van der Waals surface area contributed by atoms with E-state index in [2.05, 4.69) is 0 Å². The first-order chi connectivity index (χ1) is 5.31. The summed E-state index contributed by atoms with van der Waals surface area (Å²) in [6, 6.07) is 0. The standard InChI is InChI=1S/C9H16O3/c1-7(5-9(2,3)4)12-6-8(10)11/h5H,6H2,1-4H3,(H,10,11)/b7-5-. The highest BCUT2D eigenvalue weighted by molar-refractivity contribution is 5.68. The molecular formula is C9H16O3. The Morgan fingerprint density at radius 1 is 1.50 bits per heavy atom. The van der Waals surface area contributed by atoms with E-state index in [1.807, 2.05) is 26.8 Å². The van der Waals surface area contributed by atoms with Gasteiger partial charge in [-0.1, -0.05) is 20.8 Å². The lowest BCUT2D eigenvalue weighted by Gasteiger charge is -2.13. The molecule has 0 aliphatic rings. The molecule has 0 aromatic rings. The minimum atomic E-state index is -0.948. The number of carboxylic acids is 1. The molecule has 0 amide bonds. The lowest BCUT2D eigenvalue weighted by molar-refractivity contribution is -0.140. The summed E-state index contributed by atoms with van der Waals surface area (Å²) in [6.45, 7) is 7.58. The third-order valence-electron chi connectivity index (χ3n) is 1.06. The molecule has 0 aromatic heterocycles. The van der Waals surface area contributed by atoms with Gasteiger partial charge in [0, 0.05) is 0 Å². The van der Waals surface area contributed by atoms with Crippen LogP contribution in [0.25, 0.3) is 0 Å². The number of hydrogen-bond acceptors (Lipinski definition) is 2. The van der Waals surface area contributed by atoms with E-state index < -0.39 is 5.97 Å². The zero-order valence-corrected chi connectivity index (χ0v) is 8.05. The molecule has 0 fully saturated rings. The highest BCUT2D eigenvalue weighted by Crippen LogP contribution is 2.17. The Bertz CT molecular complexity index is 186. The van der Waals surface area contributed by atoms with Crippen molar-refractivity contribution < 1.29 is 14.6 Å². The average Bonchev–Trinajstić information content (AvgIpc) is 1.79. The molecule has 0 rings (SSSR count). The molecule has 0 heterocycles. The summed E-state index contributed by atoms with van der Waals surface area (Å²) < 4.78 is 4.94. The maximum Gasteiger partial charge on any atom is 0.341 e. The fourth-order valence-corrected chi connectivity index (χ4v) is 0.827. The van der Waals surface area contributed by atoms with E-state index in [0.717, 1.165) is 0 Å². The van der Waals surface area contributed by atoms with Gasteiger partial charge in [-0.3, -0.25) is 0 Å². The molecule has 0 atom stereocenters. The Morgan fingerprint density at radius 2 is 2.00 bits per heavy atom. The van der Waals surface area contributed by atoms with Crippen molar-refractivity contribution in [1.82, 2.24) is 0 Å². The smallest absolute Gasteiger partial charge is 0.341 e. The van der Waals surface area contributed by atoms with Crippen molar-refractivity contribution >= 4 is 5.97 Å². The second-order valence-corrected chi connectivity index (χ2v) is 3.80. The molecule has 1 N–H and O–H groups in total. The molecule has 0 saturated heterocycles. The maximum absolute atomic E-state index is 10.1. The minimum Gasteiger partial charge on any atom is -0.487 e. The molecule has 0 spiro atoms. The first-order valence-electron chi connectivity index (χ1n) is 3.85. The second-order valence-electron chi connectivity index (χ2n) is 3.80. The molecule has 0 saturated carbocycles. The van der Waals surface area contributed by atoms with Crippen molar-refractivity contribution in [3.8, 4) is 0 Å². The fraction of sp³-hybridized carbons (Fsp3) is 0.667. The van der Waals surface area contributed by atoms with Gasteiger partial charge < -0.3 is 9.84 Å². The van der Waals surface area contributed by atoms with E-state index in [1.165, 1.54) is 0 Å². The van der Waals surface area contributed by atoms with Crippen LogP contribution < -0.4 is 0 Å². The van der Waals surface area contributed by atoms with Gasteiger partial charge in [0.05, 0.1) is 5.76 Å². The van der Waals surface area contributed by atoms with Crippen LogP contribution in [0.1, 0.15) is 27.7 Å². The number of ether oxygens (including phenoxy) is 1. The zero-order valence-electron chi connectivity index (χ0n) is 8.05. The van der Waals surface area contributed by atoms with E-state index in [9.17, 15) is 4.79 Å². The zero-order chi connectivity index (χ0) is 9.78. The number of aliphatic carboxylic acids is 1. The Morgan fingerprint density at radius 3 is 2.33 bits per heavy atom. The van der Waals surface area contributed by atoms with Crippen molar-refractivity contribution in [3.05, 3.63) is 11.8 Å². The summed E-state index contributed by atoms with van der Waals surface area (Å²) in [6.07, 6.45) is 1.90. The molecule has 0 aliphatic carbocycles. The van der Waals surface area contributed by atoms with Gasteiger partial charge in [-0.2, -0.15) is 0 Å². The summed E-state index contributed by atoms with van der Waals surface area (Å²) in [4.78, 5) is 10.1. The quantitative estimate of drug-likeness (QED) is 0.662. The normalized spacial score (nSPS) is 12.8. The first kappa shape index (κ1) is 11.0. The number of carbonyl (C=O) groups is 1. The van der Waals surface area contributed by atoms with Gasteiger partial charge in [-0.15, -0.1) is 0 Å². The van der Waals surface area contributed by atoms with Gasteiger partial charge in [0.15, 0.2) is 6.61 Å². The van der Waals surface area contributed by atoms with Crippen LogP contribution in [0.4, 0.5) is 0 Å². The number of allylic oxidation sites excluding steroid dienone is 2. The Kier molecular flexibility index (Phi) is 3.80. The molecule has 3 nitrogen and oxygen atoms in total. The van der Waals surface area contributed by atoms with Crippen molar-refractivity contribution in [2.24, 2.45) is 5.41 Å². The number of rotatable bonds is 3. The third-order valence-corrected chi connectivity index (χ3v) is 1.06. The molecule has 0 aromatic carbocycles. The highest BCUT2D eigenvalue weighted by Gasteiger charge is 2.07. The molecule has 3 heteroatoms. The first-order valence-corrected chi connectivity index (χ1v) is 3.85. The SMILES string of the molecule is C/C(=C/C(C)(C)C)OCC(=O)O. The van der Waals surface area contributed by atoms with Crippen molar-refractivity contribution in [1.29, 1.82) is 0 Å². The summed E-state index contributed by atoms with van der Waals surface area (Å²) in [7, 11) is 0. The monoisotopic (exact) mass is 172 g/mol. The van der Waals surface area contributed by atoms with Crippen molar-refractivity contribution in [3.63, 3.8) is 0 Å². The van der Waals surface area contributed by atoms with E-state index in [0.29, 0.717) is 5.76 Å². The molecule has 12 heavy (non-hydrogen) atoms. The molecule has 70 valence electrons. The average molecular weight is 172 g/mol. The Hall–Kier alpha value is -0.990. The van der Waals surface area contributed by atoms with Crippen molar-refractivity contribution in [2.45, 2.75) is 27.7 Å². The predicted molar refractivity (Wildman–Crippen MR) is 46.8 cm³/mol. The lowest BCUT2D eigenvalue weighted by Crippen LogP contribution is -2.08.